The smallest absolute Gasteiger partial charge is 0.255 e. The van der Waals surface area contributed by atoms with Gasteiger partial charge < -0.3 is 19.8 Å². The number of hydrogen-bond acceptors (Lipinski definition) is 4. The number of aryl methyl sites for hydroxylation is 1. The standard InChI is InChI=1S/C22H26N4O2.2ClH/c1-15-6-5-11-26-13-18(24-21(15)26)14-28-20-8-4-3-7-19(20)22(27)25-17-9-10-23-16(2)12-17;;/h3-8,11,13,16-17,23H,9-10,12,14H2,1-2H3,(H,25,27);2*1H. The third-order valence-corrected chi connectivity index (χ3v) is 5.19. The van der Waals surface area contributed by atoms with Gasteiger partial charge in [-0.2, -0.15) is 0 Å². The SMILES string of the molecule is Cc1cccn2cc(COc3ccccc3C(=O)NC3CCNC(C)C3)nc12.Cl.Cl. The average Bonchev–Trinajstić information content (AvgIpc) is 3.11. The van der Waals surface area contributed by atoms with Gasteiger partial charge in [0.1, 0.15) is 18.0 Å². The normalized spacial score (nSPS) is 18.2. The number of imidazole rings is 1. The number of rotatable bonds is 5. The topological polar surface area (TPSA) is 67.7 Å². The molecule has 1 aliphatic rings. The molecule has 1 amide bonds. The van der Waals surface area contributed by atoms with E-state index in [1.807, 2.05) is 60.1 Å². The molecule has 162 valence electrons. The average molecular weight is 451 g/mol. The van der Waals surface area contributed by atoms with Gasteiger partial charge >= 0.3 is 0 Å². The van der Waals surface area contributed by atoms with Crippen LogP contribution in [0, 0.1) is 6.92 Å². The first-order valence-electron chi connectivity index (χ1n) is 9.79. The number of nitrogens with one attached hydrogen (secondary N) is 2. The van der Waals surface area contributed by atoms with E-state index < -0.39 is 0 Å². The Balaban J connectivity index is 0.00000160. The minimum absolute atomic E-state index is 0. The van der Waals surface area contributed by atoms with Crippen molar-refractivity contribution in [3.8, 4) is 5.75 Å². The lowest BCUT2D eigenvalue weighted by molar-refractivity contribution is 0.0921. The molecule has 2 unspecified atom stereocenters. The summed E-state index contributed by atoms with van der Waals surface area (Å²) in [6, 6.07) is 12.0. The number of nitrogens with zero attached hydrogens (tertiary/aromatic N) is 2. The molecule has 3 heterocycles. The summed E-state index contributed by atoms with van der Waals surface area (Å²) in [6.07, 6.45) is 5.82. The van der Waals surface area contributed by atoms with Crippen LogP contribution in [0.15, 0.2) is 48.8 Å². The van der Waals surface area contributed by atoms with Crippen molar-refractivity contribution in [2.75, 3.05) is 6.54 Å². The maximum absolute atomic E-state index is 12.8. The number of hydrogen-bond donors (Lipinski definition) is 2. The molecule has 2 atom stereocenters. The Hall–Kier alpha value is -2.28. The number of para-hydroxylation sites is 1. The van der Waals surface area contributed by atoms with Crippen LogP contribution in [0.2, 0.25) is 0 Å². The molecule has 2 aromatic heterocycles. The third-order valence-electron chi connectivity index (χ3n) is 5.19. The molecule has 0 saturated carbocycles. The van der Waals surface area contributed by atoms with E-state index in [1.165, 1.54) is 0 Å². The summed E-state index contributed by atoms with van der Waals surface area (Å²) in [6.45, 7) is 5.42. The number of ether oxygens (including phenoxy) is 1. The van der Waals surface area contributed by atoms with Gasteiger partial charge in [0.2, 0.25) is 0 Å². The molecular weight excluding hydrogens is 423 g/mol. The van der Waals surface area contributed by atoms with Gasteiger partial charge in [-0.3, -0.25) is 4.79 Å². The molecule has 3 aromatic rings. The maximum Gasteiger partial charge on any atom is 0.255 e. The number of aromatic nitrogens is 2. The van der Waals surface area contributed by atoms with Crippen LogP contribution >= 0.6 is 24.8 Å². The molecule has 0 aliphatic carbocycles. The van der Waals surface area contributed by atoms with Gasteiger partial charge in [0.05, 0.1) is 11.3 Å². The van der Waals surface area contributed by atoms with Crippen LogP contribution in [0.1, 0.15) is 41.4 Å². The second-order valence-electron chi connectivity index (χ2n) is 7.49. The van der Waals surface area contributed by atoms with E-state index >= 15 is 0 Å². The summed E-state index contributed by atoms with van der Waals surface area (Å²) in [5.41, 5.74) is 3.43. The first-order chi connectivity index (χ1) is 13.6. The fourth-order valence-corrected chi connectivity index (χ4v) is 3.73. The largest absolute Gasteiger partial charge is 0.486 e. The second kappa shape index (κ2) is 10.7. The molecule has 1 fully saturated rings. The number of halogens is 2. The van der Waals surface area contributed by atoms with Crippen molar-refractivity contribution >= 4 is 36.4 Å². The molecule has 1 aliphatic heterocycles. The molecule has 0 bridgehead atoms. The van der Waals surface area contributed by atoms with Crippen LogP contribution in [0.5, 0.6) is 5.75 Å². The van der Waals surface area contributed by atoms with E-state index in [2.05, 4.69) is 22.5 Å². The molecule has 6 nitrogen and oxygen atoms in total. The van der Waals surface area contributed by atoms with Crippen molar-refractivity contribution in [3.05, 3.63) is 65.6 Å². The minimum Gasteiger partial charge on any atom is -0.486 e. The molecule has 4 rings (SSSR count). The first kappa shape index (κ1) is 24.0. The molecular formula is C22H28Cl2N4O2. The molecule has 2 N–H and O–H groups in total. The lowest BCUT2D eigenvalue weighted by Crippen LogP contribution is -2.46. The molecule has 30 heavy (non-hydrogen) atoms. The van der Waals surface area contributed by atoms with Crippen molar-refractivity contribution in [2.45, 2.75) is 45.4 Å². The van der Waals surface area contributed by atoms with Gasteiger partial charge in [-0.15, -0.1) is 24.8 Å². The lowest BCUT2D eigenvalue weighted by atomic mass is 10.00. The predicted octanol–water partition coefficient (Wildman–Crippen LogP) is 3.94. The Morgan fingerprint density at radius 1 is 1.27 bits per heavy atom. The summed E-state index contributed by atoms with van der Waals surface area (Å²) in [5, 5.41) is 6.56. The number of fused-ring (bicyclic) bond motifs is 1. The van der Waals surface area contributed by atoms with Crippen molar-refractivity contribution in [1.29, 1.82) is 0 Å². The van der Waals surface area contributed by atoms with E-state index in [4.69, 9.17) is 4.74 Å². The Bertz CT molecular complexity index is 992. The van der Waals surface area contributed by atoms with Crippen molar-refractivity contribution in [3.63, 3.8) is 0 Å². The fourth-order valence-electron chi connectivity index (χ4n) is 3.73. The number of pyridine rings is 1. The predicted molar refractivity (Wildman–Crippen MR) is 123 cm³/mol. The van der Waals surface area contributed by atoms with E-state index in [0.717, 1.165) is 36.3 Å². The Morgan fingerprint density at radius 2 is 2.07 bits per heavy atom. The van der Waals surface area contributed by atoms with Gasteiger partial charge in [-0.25, -0.2) is 4.98 Å². The van der Waals surface area contributed by atoms with Gasteiger partial charge in [-0.05, 0) is 57.0 Å². The van der Waals surface area contributed by atoms with Crippen LogP contribution in [-0.2, 0) is 6.61 Å². The maximum atomic E-state index is 12.8. The summed E-state index contributed by atoms with van der Waals surface area (Å²) in [7, 11) is 0. The van der Waals surface area contributed by atoms with Crippen LogP contribution in [0.25, 0.3) is 5.65 Å². The molecule has 0 spiro atoms. The fraction of sp³-hybridized carbons (Fsp3) is 0.364. The van der Waals surface area contributed by atoms with E-state index in [1.54, 1.807) is 0 Å². The van der Waals surface area contributed by atoms with Gasteiger partial charge in [0, 0.05) is 24.5 Å². The quantitative estimate of drug-likeness (QED) is 0.617. The second-order valence-corrected chi connectivity index (χ2v) is 7.49. The summed E-state index contributed by atoms with van der Waals surface area (Å²) >= 11 is 0. The van der Waals surface area contributed by atoms with Crippen LogP contribution < -0.4 is 15.4 Å². The molecule has 0 radical (unpaired) electrons. The summed E-state index contributed by atoms with van der Waals surface area (Å²) in [5.74, 6) is 0.497. The Morgan fingerprint density at radius 3 is 2.83 bits per heavy atom. The number of carbonyl (C=O) groups is 1. The van der Waals surface area contributed by atoms with Gasteiger partial charge in [0.15, 0.2) is 0 Å². The van der Waals surface area contributed by atoms with Gasteiger partial charge in [0.25, 0.3) is 5.91 Å². The van der Waals surface area contributed by atoms with Crippen molar-refractivity contribution in [2.24, 2.45) is 0 Å². The number of carbonyl (C=O) groups excluding carboxylic acids is 1. The number of piperidine rings is 1. The summed E-state index contributed by atoms with van der Waals surface area (Å²) < 4.78 is 7.97. The minimum atomic E-state index is -0.0828. The highest BCUT2D eigenvalue weighted by atomic mass is 35.5. The Labute approximate surface area is 189 Å². The van der Waals surface area contributed by atoms with Crippen LogP contribution in [0.3, 0.4) is 0 Å². The zero-order valence-electron chi connectivity index (χ0n) is 17.1. The molecule has 1 aromatic carbocycles. The first-order valence-corrected chi connectivity index (χ1v) is 9.79. The van der Waals surface area contributed by atoms with Crippen molar-refractivity contribution < 1.29 is 9.53 Å². The van der Waals surface area contributed by atoms with Crippen LogP contribution in [-0.4, -0.2) is 33.9 Å². The highest BCUT2D eigenvalue weighted by Gasteiger charge is 2.22. The number of benzene rings is 1. The third kappa shape index (κ3) is 5.45. The van der Waals surface area contributed by atoms with E-state index in [0.29, 0.717) is 24.0 Å². The zero-order valence-corrected chi connectivity index (χ0v) is 18.8. The van der Waals surface area contributed by atoms with Gasteiger partial charge in [-0.1, -0.05) is 18.2 Å². The van der Waals surface area contributed by atoms with Crippen LogP contribution in [0.4, 0.5) is 0 Å². The zero-order chi connectivity index (χ0) is 19.5. The molecule has 8 heteroatoms. The number of amides is 1. The highest BCUT2D eigenvalue weighted by Crippen LogP contribution is 2.21. The Kier molecular flexibility index (Phi) is 8.53. The van der Waals surface area contributed by atoms with E-state index in [-0.39, 0.29) is 36.8 Å². The summed E-state index contributed by atoms with van der Waals surface area (Å²) in [4.78, 5) is 17.4. The van der Waals surface area contributed by atoms with Crippen molar-refractivity contribution in [1.82, 2.24) is 20.0 Å². The molecule has 1 saturated heterocycles. The highest BCUT2D eigenvalue weighted by molar-refractivity contribution is 5.97. The monoisotopic (exact) mass is 450 g/mol. The lowest BCUT2D eigenvalue weighted by Gasteiger charge is -2.28. The van der Waals surface area contributed by atoms with E-state index in [9.17, 15) is 4.79 Å².